The van der Waals surface area contributed by atoms with E-state index in [1.807, 2.05) is 54.6 Å². The molecule has 18 heavy (non-hydrogen) atoms. The molecular weight excluding hydrogens is 224 g/mol. The second-order valence-electron chi connectivity index (χ2n) is 3.59. The Morgan fingerprint density at radius 2 is 1.89 bits per heavy atom. The van der Waals surface area contributed by atoms with Gasteiger partial charge in [-0.2, -0.15) is 0 Å². The lowest BCUT2D eigenvalue weighted by molar-refractivity contribution is 0.414. The Morgan fingerprint density at radius 1 is 1.06 bits per heavy atom. The van der Waals surface area contributed by atoms with Crippen LogP contribution in [0.3, 0.4) is 0 Å². The molecule has 1 aromatic carbocycles. The fourth-order valence-electron chi connectivity index (χ4n) is 1.52. The van der Waals surface area contributed by atoms with Gasteiger partial charge < -0.3 is 4.74 Å². The maximum absolute atomic E-state index is 5.26. The summed E-state index contributed by atoms with van der Waals surface area (Å²) in [7, 11) is 1.67. The first-order chi connectivity index (χ1) is 8.90. The van der Waals surface area contributed by atoms with Gasteiger partial charge in [-0.3, -0.25) is 0 Å². The highest BCUT2D eigenvalue weighted by atomic mass is 16.5. The van der Waals surface area contributed by atoms with Gasteiger partial charge in [-0.1, -0.05) is 36.4 Å². The van der Waals surface area contributed by atoms with Crippen LogP contribution in [-0.2, 0) is 0 Å². The largest absolute Gasteiger partial charge is 0.496 e. The summed E-state index contributed by atoms with van der Waals surface area (Å²) in [6.45, 7) is 0. The lowest BCUT2D eigenvalue weighted by Crippen LogP contribution is -1.85. The van der Waals surface area contributed by atoms with E-state index in [-0.39, 0.29) is 0 Å². The number of aromatic nitrogens is 2. The summed E-state index contributed by atoms with van der Waals surface area (Å²) in [5, 5.41) is 0. The molecular formula is C15H14N2O. The molecule has 0 spiro atoms. The van der Waals surface area contributed by atoms with Gasteiger partial charge in [0.15, 0.2) is 0 Å². The van der Waals surface area contributed by atoms with Crippen molar-refractivity contribution in [3.63, 3.8) is 0 Å². The number of para-hydroxylation sites is 1. The zero-order valence-corrected chi connectivity index (χ0v) is 10.2. The molecule has 1 aromatic heterocycles. The minimum Gasteiger partial charge on any atom is -0.496 e. The highest BCUT2D eigenvalue weighted by Crippen LogP contribution is 2.18. The molecule has 0 saturated heterocycles. The molecule has 0 fully saturated rings. The van der Waals surface area contributed by atoms with E-state index in [0.29, 0.717) is 0 Å². The molecule has 2 rings (SSSR count). The highest BCUT2D eigenvalue weighted by Gasteiger charge is 1.94. The van der Waals surface area contributed by atoms with Crippen molar-refractivity contribution in [2.75, 3.05) is 7.11 Å². The van der Waals surface area contributed by atoms with E-state index in [0.717, 1.165) is 17.0 Å². The molecule has 0 unspecified atom stereocenters. The zero-order valence-electron chi connectivity index (χ0n) is 10.2. The van der Waals surface area contributed by atoms with Crippen molar-refractivity contribution in [2.45, 2.75) is 0 Å². The lowest BCUT2D eigenvalue weighted by atomic mass is 10.2. The number of methoxy groups -OCH3 is 1. The molecule has 0 aliphatic heterocycles. The van der Waals surface area contributed by atoms with Gasteiger partial charge >= 0.3 is 0 Å². The van der Waals surface area contributed by atoms with Crippen LogP contribution in [0, 0.1) is 0 Å². The van der Waals surface area contributed by atoms with Crippen LogP contribution in [0.4, 0.5) is 0 Å². The van der Waals surface area contributed by atoms with Gasteiger partial charge in [0, 0.05) is 11.8 Å². The van der Waals surface area contributed by atoms with Crippen molar-refractivity contribution in [1.82, 2.24) is 9.97 Å². The first kappa shape index (κ1) is 12.0. The minimum absolute atomic E-state index is 0.865. The predicted octanol–water partition coefficient (Wildman–Crippen LogP) is 3.21. The molecule has 0 bridgehead atoms. The fraction of sp³-hybridized carbons (Fsp3) is 0.0667. The number of hydrogen-bond acceptors (Lipinski definition) is 3. The summed E-state index contributed by atoms with van der Waals surface area (Å²) in [5.41, 5.74) is 1.93. The van der Waals surface area contributed by atoms with Gasteiger partial charge in [-0.25, -0.2) is 9.97 Å². The molecule has 3 heteroatoms. The summed E-state index contributed by atoms with van der Waals surface area (Å²) in [6, 6.07) is 9.73. The topological polar surface area (TPSA) is 35.0 Å². The third-order valence-corrected chi connectivity index (χ3v) is 2.40. The molecule has 0 aliphatic carbocycles. The Labute approximate surface area is 106 Å². The van der Waals surface area contributed by atoms with Crippen LogP contribution in [0.15, 0.2) is 55.0 Å². The monoisotopic (exact) mass is 238 g/mol. The average Bonchev–Trinajstić information content (AvgIpc) is 2.45. The van der Waals surface area contributed by atoms with Crippen LogP contribution in [0.5, 0.6) is 5.75 Å². The highest BCUT2D eigenvalue weighted by molar-refractivity contribution is 5.60. The molecule has 2 aromatic rings. The third kappa shape index (κ3) is 3.28. The fourth-order valence-corrected chi connectivity index (χ4v) is 1.52. The average molecular weight is 238 g/mol. The van der Waals surface area contributed by atoms with Gasteiger partial charge in [0.2, 0.25) is 0 Å². The number of rotatable bonds is 4. The van der Waals surface area contributed by atoms with Crippen molar-refractivity contribution in [3.8, 4) is 5.75 Å². The molecule has 3 nitrogen and oxygen atoms in total. The molecule has 0 atom stereocenters. The second-order valence-corrected chi connectivity index (χ2v) is 3.59. The first-order valence-electron chi connectivity index (χ1n) is 5.64. The SMILES string of the molecule is COc1ccccc1C=CC=Cc1ccncn1. The standard InChI is InChI=1S/C15H14N2O/c1-18-15-9-5-3-7-13(15)6-2-4-8-14-10-11-16-12-17-14/h2-12H,1H3. The van der Waals surface area contributed by atoms with Crippen LogP contribution in [0.1, 0.15) is 11.3 Å². The molecule has 90 valence electrons. The van der Waals surface area contributed by atoms with E-state index < -0.39 is 0 Å². The number of allylic oxidation sites excluding steroid dienone is 2. The minimum atomic E-state index is 0.865. The maximum atomic E-state index is 5.26. The summed E-state index contributed by atoms with van der Waals surface area (Å²) in [4.78, 5) is 7.96. The van der Waals surface area contributed by atoms with Crippen LogP contribution in [0.2, 0.25) is 0 Å². The van der Waals surface area contributed by atoms with E-state index in [9.17, 15) is 0 Å². The Balaban J connectivity index is 2.06. The Bertz CT molecular complexity index is 547. The maximum Gasteiger partial charge on any atom is 0.126 e. The molecule has 0 radical (unpaired) electrons. The van der Waals surface area contributed by atoms with Gasteiger partial charge in [-0.15, -0.1) is 0 Å². The van der Waals surface area contributed by atoms with Gasteiger partial charge in [-0.05, 0) is 18.2 Å². The molecule has 1 heterocycles. The van der Waals surface area contributed by atoms with Crippen LogP contribution >= 0.6 is 0 Å². The van der Waals surface area contributed by atoms with Crippen LogP contribution < -0.4 is 4.74 Å². The van der Waals surface area contributed by atoms with Crippen molar-refractivity contribution >= 4 is 12.2 Å². The zero-order chi connectivity index (χ0) is 12.6. The van der Waals surface area contributed by atoms with Crippen LogP contribution in [-0.4, -0.2) is 17.1 Å². The van der Waals surface area contributed by atoms with Crippen molar-refractivity contribution in [3.05, 3.63) is 66.3 Å². The quantitative estimate of drug-likeness (QED) is 0.767. The molecule has 0 amide bonds. The van der Waals surface area contributed by atoms with Gasteiger partial charge in [0.05, 0.1) is 12.8 Å². The first-order valence-corrected chi connectivity index (χ1v) is 5.64. The Morgan fingerprint density at radius 3 is 2.67 bits per heavy atom. The van der Waals surface area contributed by atoms with Gasteiger partial charge in [0.1, 0.15) is 12.1 Å². The van der Waals surface area contributed by atoms with Crippen molar-refractivity contribution in [2.24, 2.45) is 0 Å². The summed E-state index contributed by atoms with van der Waals surface area (Å²) < 4.78 is 5.26. The van der Waals surface area contributed by atoms with E-state index in [1.165, 1.54) is 6.33 Å². The van der Waals surface area contributed by atoms with E-state index in [1.54, 1.807) is 13.3 Å². The lowest BCUT2D eigenvalue weighted by Gasteiger charge is -2.02. The number of hydrogen-bond donors (Lipinski definition) is 0. The number of ether oxygens (including phenoxy) is 1. The van der Waals surface area contributed by atoms with Crippen molar-refractivity contribution < 1.29 is 4.74 Å². The van der Waals surface area contributed by atoms with Gasteiger partial charge in [0.25, 0.3) is 0 Å². The van der Waals surface area contributed by atoms with E-state index >= 15 is 0 Å². The van der Waals surface area contributed by atoms with Crippen molar-refractivity contribution in [1.29, 1.82) is 0 Å². The smallest absolute Gasteiger partial charge is 0.126 e. The number of nitrogens with zero attached hydrogens (tertiary/aromatic N) is 2. The molecule has 0 N–H and O–H groups in total. The summed E-state index contributed by atoms with van der Waals surface area (Å²) in [6.07, 6.45) is 11.1. The normalized spacial score (nSPS) is 11.2. The summed E-state index contributed by atoms with van der Waals surface area (Å²) in [5.74, 6) is 0.865. The Kier molecular flexibility index (Phi) is 4.25. The molecule has 0 aliphatic rings. The van der Waals surface area contributed by atoms with Crippen LogP contribution in [0.25, 0.3) is 12.2 Å². The molecule has 0 saturated carbocycles. The third-order valence-electron chi connectivity index (χ3n) is 2.40. The number of benzene rings is 1. The Hall–Kier alpha value is -2.42. The predicted molar refractivity (Wildman–Crippen MR) is 73.1 cm³/mol. The van der Waals surface area contributed by atoms with E-state index in [4.69, 9.17) is 4.74 Å². The second kappa shape index (κ2) is 6.35. The van der Waals surface area contributed by atoms with E-state index in [2.05, 4.69) is 9.97 Å². The summed E-state index contributed by atoms with van der Waals surface area (Å²) >= 11 is 0.